The Hall–Kier alpha value is -3.08. The Labute approximate surface area is 128 Å². The van der Waals surface area contributed by atoms with Gasteiger partial charge in [-0.3, -0.25) is 4.79 Å². The van der Waals surface area contributed by atoms with Crippen molar-refractivity contribution in [3.63, 3.8) is 0 Å². The molecule has 2 rings (SSSR count). The van der Waals surface area contributed by atoms with Gasteiger partial charge in [0.15, 0.2) is 0 Å². The van der Waals surface area contributed by atoms with Gasteiger partial charge in [-0.25, -0.2) is 4.79 Å². The minimum absolute atomic E-state index is 0.164. The predicted molar refractivity (Wildman–Crippen MR) is 86.4 cm³/mol. The number of rotatable bonds is 4. The summed E-state index contributed by atoms with van der Waals surface area (Å²) in [6, 6.07) is 10.5. The van der Waals surface area contributed by atoms with Crippen molar-refractivity contribution in [2.75, 3.05) is 5.32 Å². The lowest BCUT2D eigenvalue weighted by Gasteiger charge is -2.10. The van der Waals surface area contributed by atoms with Crippen LogP contribution in [0.15, 0.2) is 60.8 Å². The maximum atomic E-state index is 11.6. The number of fused-ring (bicyclic) bond motifs is 1. The largest absolute Gasteiger partial charge is 0.421 e. The summed E-state index contributed by atoms with van der Waals surface area (Å²) in [4.78, 5) is 23.2. The van der Waals surface area contributed by atoms with Crippen LogP contribution in [0.1, 0.15) is 6.92 Å². The van der Waals surface area contributed by atoms with Crippen molar-refractivity contribution in [1.29, 1.82) is 0 Å². The standard InChI is InChI=1S/C17H16N2O3/c1-10(2)16(20)19-13-7-8-14-12(9-13)5-4-6-15(14)22-17(21)11(3)18/h4-9H,1,3,18H2,2H3,(H,19,20). The number of benzene rings is 2. The minimum Gasteiger partial charge on any atom is -0.421 e. The summed E-state index contributed by atoms with van der Waals surface area (Å²) in [6.45, 7) is 8.56. The number of hydrogen-bond donors (Lipinski definition) is 2. The molecule has 1 amide bonds. The molecule has 22 heavy (non-hydrogen) atoms. The van der Waals surface area contributed by atoms with Crippen LogP contribution in [0.5, 0.6) is 5.75 Å². The topological polar surface area (TPSA) is 81.4 Å². The third-order valence-electron chi connectivity index (χ3n) is 2.95. The van der Waals surface area contributed by atoms with E-state index in [1.807, 2.05) is 6.07 Å². The van der Waals surface area contributed by atoms with Crippen molar-refractivity contribution in [3.05, 3.63) is 60.8 Å². The molecule has 0 aliphatic carbocycles. The van der Waals surface area contributed by atoms with Gasteiger partial charge in [0.05, 0.1) is 0 Å². The number of nitrogens with two attached hydrogens (primary N) is 1. The van der Waals surface area contributed by atoms with Crippen molar-refractivity contribution in [2.45, 2.75) is 6.92 Å². The molecule has 0 unspecified atom stereocenters. The second-order valence-corrected chi connectivity index (χ2v) is 4.84. The summed E-state index contributed by atoms with van der Waals surface area (Å²) in [5.74, 6) is -0.555. The molecule has 5 nitrogen and oxygen atoms in total. The zero-order valence-electron chi connectivity index (χ0n) is 12.2. The zero-order valence-corrected chi connectivity index (χ0v) is 12.2. The second-order valence-electron chi connectivity index (χ2n) is 4.84. The fraction of sp³-hybridized carbons (Fsp3) is 0.0588. The first-order valence-electron chi connectivity index (χ1n) is 6.54. The molecule has 0 aromatic heterocycles. The molecule has 3 N–H and O–H groups in total. The average Bonchev–Trinajstić information content (AvgIpc) is 2.47. The van der Waals surface area contributed by atoms with E-state index < -0.39 is 5.97 Å². The number of anilines is 1. The number of carbonyl (C=O) groups excluding carboxylic acids is 2. The number of esters is 1. The molecule has 2 aromatic rings. The molecular formula is C17H16N2O3. The van der Waals surface area contributed by atoms with Crippen LogP contribution in [0.3, 0.4) is 0 Å². The quantitative estimate of drug-likeness (QED) is 0.516. The van der Waals surface area contributed by atoms with Crippen LogP contribution < -0.4 is 15.8 Å². The first-order valence-corrected chi connectivity index (χ1v) is 6.54. The summed E-state index contributed by atoms with van der Waals surface area (Å²) >= 11 is 0. The summed E-state index contributed by atoms with van der Waals surface area (Å²) < 4.78 is 5.18. The molecule has 0 fully saturated rings. The summed E-state index contributed by atoms with van der Waals surface area (Å²) in [5, 5.41) is 4.27. The van der Waals surface area contributed by atoms with Gasteiger partial charge in [-0.05, 0) is 36.6 Å². The van der Waals surface area contributed by atoms with Crippen molar-refractivity contribution >= 4 is 28.3 Å². The van der Waals surface area contributed by atoms with E-state index in [2.05, 4.69) is 18.5 Å². The minimum atomic E-state index is -0.688. The Balaban J connectivity index is 2.35. The Morgan fingerprint density at radius 2 is 1.91 bits per heavy atom. The lowest BCUT2D eigenvalue weighted by atomic mass is 10.1. The van der Waals surface area contributed by atoms with Crippen LogP contribution in [0, 0.1) is 0 Å². The zero-order chi connectivity index (χ0) is 16.3. The molecule has 112 valence electrons. The van der Waals surface area contributed by atoms with E-state index in [1.165, 1.54) is 0 Å². The highest BCUT2D eigenvalue weighted by Crippen LogP contribution is 2.28. The van der Waals surface area contributed by atoms with E-state index in [4.69, 9.17) is 10.5 Å². The average molecular weight is 296 g/mol. The first-order chi connectivity index (χ1) is 10.4. The van der Waals surface area contributed by atoms with Crippen molar-refractivity contribution in [1.82, 2.24) is 0 Å². The molecule has 0 saturated carbocycles. The highest BCUT2D eigenvalue weighted by molar-refractivity contribution is 6.04. The Bertz CT molecular complexity index is 794. The molecule has 0 aliphatic heterocycles. The highest BCUT2D eigenvalue weighted by atomic mass is 16.5. The van der Waals surface area contributed by atoms with E-state index in [1.54, 1.807) is 37.3 Å². The molecule has 0 heterocycles. The molecule has 0 saturated heterocycles. The van der Waals surface area contributed by atoms with Gasteiger partial charge in [-0.1, -0.05) is 25.3 Å². The van der Waals surface area contributed by atoms with Gasteiger partial charge in [0.2, 0.25) is 0 Å². The van der Waals surface area contributed by atoms with Gasteiger partial charge >= 0.3 is 5.97 Å². The molecule has 0 atom stereocenters. The van der Waals surface area contributed by atoms with Crippen molar-refractivity contribution < 1.29 is 14.3 Å². The molecule has 0 spiro atoms. The summed E-state index contributed by atoms with van der Waals surface area (Å²) in [5.41, 5.74) is 6.20. The number of hydrogen-bond acceptors (Lipinski definition) is 4. The third kappa shape index (κ3) is 3.32. The predicted octanol–water partition coefficient (Wildman–Crippen LogP) is 2.73. The molecule has 0 radical (unpaired) electrons. The lowest BCUT2D eigenvalue weighted by molar-refractivity contribution is -0.130. The maximum absolute atomic E-state index is 11.6. The molecule has 2 aromatic carbocycles. The van der Waals surface area contributed by atoms with Crippen LogP contribution in [0.2, 0.25) is 0 Å². The van der Waals surface area contributed by atoms with Gasteiger partial charge in [-0.15, -0.1) is 0 Å². The Morgan fingerprint density at radius 3 is 2.55 bits per heavy atom. The number of ether oxygens (including phenoxy) is 1. The van der Waals surface area contributed by atoms with E-state index >= 15 is 0 Å². The van der Waals surface area contributed by atoms with Gasteiger partial charge < -0.3 is 15.8 Å². The van der Waals surface area contributed by atoms with Crippen LogP contribution in [0.4, 0.5) is 5.69 Å². The molecular weight excluding hydrogens is 280 g/mol. The molecule has 0 aliphatic rings. The van der Waals surface area contributed by atoms with Gasteiger partial charge in [0, 0.05) is 16.6 Å². The highest BCUT2D eigenvalue weighted by Gasteiger charge is 2.10. The van der Waals surface area contributed by atoms with Crippen LogP contribution in [0.25, 0.3) is 10.8 Å². The maximum Gasteiger partial charge on any atom is 0.358 e. The number of carbonyl (C=O) groups is 2. The molecule has 5 heteroatoms. The first kappa shape index (κ1) is 15.3. The fourth-order valence-corrected chi connectivity index (χ4v) is 1.82. The number of nitrogens with one attached hydrogen (secondary N) is 1. The molecule has 0 bridgehead atoms. The van der Waals surface area contributed by atoms with Gasteiger partial charge in [0.25, 0.3) is 5.91 Å². The van der Waals surface area contributed by atoms with Gasteiger partial charge in [-0.2, -0.15) is 0 Å². The second kappa shape index (κ2) is 6.13. The lowest BCUT2D eigenvalue weighted by Crippen LogP contribution is -2.16. The SMILES string of the molecule is C=C(C)C(=O)Nc1ccc2c(OC(=O)C(=C)N)cccc2c1. The van der Waals surface area contributed by atoms with Gasteiger partial charge in [0.1, 0.15) is 11.4 Å². The summed E-state index contributed by atoms with van der Waals surface area (Å²) in [7, 11) is 0. The fourth-order valence-electron chi connectivity index (χ4n) is 1.82. The van der Waals surface area contributed by atoms with Crippen LogP contribution >= 0.6 is 0 Å². The van der Waals surface area contributed by atoms with E-state index in [9.17, 15) is 9.59 Å². The smallest absolute Gasteiger partial charge is 0.358 e. The van der Waals surface area contributed by atoms with E-state index in [-0.39, 0.29) is 11.6 Å². The summed E-state index contributed by atoms with van der Waals surface area (Å²) in [6.07, 6.45) is 0. The van der Waals surface area contributed by atoms with Crippen LogP contribution in [-0.2, 0) is 9.59 Å². The van der Waals surface area contributed by atoms with E-state index in [0.717, 1.165) is 10.8 Å². The Morgan fingerprint density at radius 1 is 1.18 bits per heavy atom. The van der Waals surface area contributed by atoms with Crippen LogP contribution in [-0.4, -0.2) is 11.9 Å². The van der Waals surface area contributed by atoms with E-state index in [0.29, 0.717) is 17.0 Å². The monoisotopic (exact) mass is 296 g/mol. The Kier molecular flexibility index (Phi) is 4.27. The normalized spacial score (nSPS) is 10.0. The van der Waals surface area contributed by atoms with Crippen molar-refractivity contribution in [3.8, 4) is 5.75 Å². The number of amides is 1. The van der Waals surface area contributed by atoms with Crippen molar-refractivity contribution in [2.24, 2.45) is 5.73 Å². The third-order valence-corrected chi connectivity index (χ3v) is 2.95.